The molecule has 0 spiro atoms. The van der Waals surface area contributed by atoms with E-state index < -0.39 is 0 Å². The van der Waals surface area contributed by atoms with Crippen molar-refractivity contribution in [1.29, 1.82) is 0 Å². The molecule has 2 aromatic rings. The average molecular weight is 312 g/mol. The molecule has 1 amide bonds. The van der Waals surface area contributed by atoms with Gasteiger partial charge < -0.3 is 10.2 Å². The minimum atomic E-state index is 0.210. The minimum Gasteiger partial charge on any atom is -0.342 e. The molecule has 1 aliphatic rings. The van der Waals surface area contributed by atoms with Crippen molar-refractivity contribution in [3.8, 4) is 0 Å². The number of likely N-dealkylation sites (tertiary alicyclic amines) is 1. The van der Waals surface area contributed by atoms with Crippen LogP contribution in [0.3, 0.4) is 0 Å². The number of aromatic nitrogens is 4. The van der Waals surface area contributed by atoms with Gasteiger partial charge in [-0.3, -0.25) is 9.78 Å². The Labute approximate surface area is 135 Å². The largest absolute Gasteiger partial charge is 0.342 e. The molecule has 0 bridgehead atoms. The number of amides is 1. The maximum absolute atomic E-state index is 11.9. The summed E-state index contributed by atoms with van der Waals surface area (Å²) >= 11 is 0. The van der Waals surface area contributed by atoms with Gasteiger partial charge in [0.2, 0.25) is 11.9 Å². The normalized spacial score (nSPS) is 17.8. The fourth-order valence-electron chi connectivity index (χ4n) is 2.76. The lowest BCUT2D eigenvalue weighted by Gasteiger charge is -2.32. The van der Waals surface area contributed by atoms with Crippen molar-refractivity contribution in [2.24, 2.45) is 0 Å². The Morgan fingerprint density at radius 1 is 1.26 bits per heavy atom. The lowest BCUT2D eigenvalue weighted by Crippen LogP contribution is -2.38. The van der Waals surface area contributed by atoms with Crippen LogP contribution in [0.25, 0.3) is 0 Å². The fraction of sp³-hybridized carbons (Fsp3) is 0.438. The second kappa shape index (κ2) is 7.13. The number of anilines is 2. The van der Waals surface area contributed by atoms with Gasteiger partial charge in [0.15, 0.2) is 5.82 Å². The quantitative estimate of drug-likeness (QED) is 0.931. The molecule has 0 aromatic carbocycles. The molecule has 0 radical (unpaired) electrons. The van der Waals surface area contributed by atoms with E-state index in [-0.39, 0.29) is 11.8 Å². The zero-order valence-corrected chi connectivity index (χ0v) is 13.1. The van der Waals surface area contributed by atoms with Gasteiger partial charge in [0.1, 0.15) is 0 Å². The molecule has 23 heavy (non-hydrogen) atoms. The van der Waals surface area contributed by atoms with Crippen LogP contribution in [0.5, 0.6) is 0 Å². The van der Waals surface area contributed by atoms with Crippen LogP contribution in [-0.4, -0.2) is 43.8 Å². The summed E-state index contributed by atoms with van der Waals surface area (Å²) in [4.78, 5) is 30.9. The van der Waals surface area contributed by atoms with Gasteiger partial charge in [0, 0.05) is 37.8 Å². The predicted octanol–water partition coefficient (Wildman–Crippen LogP) is 2.13. The SMILES string of the molecule is CCC(=O)N1CCC[C@H](c2cnc(Nc3ncccn3)cn2)C1. The molecule has 0 aliphatic carbocycles. The van der Waals surface area contributed by atoms with E-state index in [0.29, 0.717) is 18.2 Å². The van der Waals surface area contributed by atoms with Gasteiger partial charge in [-0.1, -0.05) is 6.92 Å². The maximum Gasteiger partial charge on any atom is 0.228 e. The number of piperidine rings is 1. The van der Waals surface area contributed by atoms with Crippen molar-refractivity contribution < 1.29 is 4.79 Å². The van der Waals surface area contributed by atoms with Crippen molar-refractivity contribution in [3.63, 3.8) is 0 Å². The van der Waals surface area contributed by atoms with Crippen molar-refractivity contribution >= 4 is 17.7 Å². The van der Waals surface area contributed by atoms with E-state index in [0.717, 1.165) is 31.6 Å². The summed E-state index contributed by atoms with van der Waals surface area (Å²) in [6.07, 6.45) is 9.39. The first-order valence-electron chi connectivity index (χ1n) is 7.90. The van der Waals surface area contributed by atoms with E-state index in [1.807, 2.05) is 11.8 Å². The highest BCUT2D eigenvalue weighted by atomic mass is 16.2. The third-order valence-corrected chi connectivity index (χ3v) is 3.97. The first-order chi connectivity index (χ1) is 11.3. The number of rotatable bonds is 4. The Hall–Kier alpha value is -2.57. The summed E-state index contributed by atoms with van der Waals surface area (Å²) in [6, 6.07) is 1.76. The smallest absolute Gasteiger partial charge is 0.228 e. The lowest BCUT2D eigenvalue weighted by molar-refractivity contribution is -0.132. The maximum atomic E-state index is 11.9. The monoisotopic (exact) mass is 312 g/mol. The highest BCUT2D eigenvalue weighted by molar-refractivity contribution is 5.76. The second-order valence-corrected chi connectivity index (χ2v) is 5.56. The van der Waals surface area contributed by atoms with E-state index in [1.165, 1.54) is 0 Å². The summed E-state index contributed by atoms with van der Waals surface area (Å²) in [6.45, 7) is 3.48. The van der Waals surface area contributed by atoms with Gasteiger partial charge in [-0.25, -0.2) is 15.0 Å². The Bertz CT molecular complexity index is 645. The van der Waals surface area contributed by atoms with Gasteiger partial charge in [-0.05, 0) is 18.9 Å². The zero-order valence-electron chi connectivity index (χ0n) is 13.1. The molecule has 7 heteroatoms. The number of carbonyl (C=O) groups is 1. The molecule has 0 saturated carbocycles. The molecule has 7 nitrogen and oxygen atoms in total. The number of hydrogen-bond acceptors (Lipinski definition) is 6. The van der Waals surface area contributed by atoms with Crippen LogP contribution in [0.15, 0.2) is 30.9 Å². The van der Waals surface area contributed by atoms with Crippen LogP contribution in [0, 0.1) is 0 Å². The first-order valence-corrected chi connectivity index (χ1v) is 7.90. The van der Waals surface area contributed by atoms with Gasteiger partial charge in [0.05, 0.1) is 18.1 Å². The van der Waals surface area contributed by atoms with Crippen LogP contribution in [-0.2, 0) is 4.79 Å². The standard InChI is InChI=1S/C16H20N6O/c1-2-15(23)22-8-3-5-12(11-22)13-9-20-14(10-19-13)21-16-17-6-4-7-18-16/h4,6-7,9-10,12H,2-3,5,8,11H2,1H3,(H,17,18,20,21)/t12-/m0/s1. The van der Waals surface area contributed by atoms with Gasteiger partial charge >= 0.3 is 0 Å². The van der Waals surface area contributed by atoms with Gasteiger partial charge in [0.25, 0.3) is 0 Å². The number of nitrogens with one attached hydrogen (secondary N) is 1. The summed E-state index contributed by atoms with van der Waals surface area (Å²) in [5.41, 5.74) is 0.929. The topological polar surface area (TPSA) is 83.9 Å². The highest BCUT2D eigenvalue weighted by Crippen LogP contribution is 2.25. The fourth-order valence-corrected chi connectivity index (χ4v) is 2.76. The molecule has 120 valence electrons. The molecule has 1 N–H and O–H groups in total. The molecule has 3 rings (SSSR count). The Balaban J connectivity index is 1.66. The molecule has 1 atom stereocenters. The molecule has 1 fully saturated rings. The lowest BCUT2D eigenvalue weighted by atomic mass is 9.95. The summed E-state index contributed by atoms with van der Waals surface area (Å²) in [7, 11) is 0. The zero-order chi connectivity index (χ0) is 16.1. The van der Waals surface area contributed by atoms with E-state index in [2.05, 4.69) is 25.3 Å². The van der Waals surface area contributed by atoms with E-state index in [1.54, 1.807) is 30.9 Å². The number of nitrogens with zero attached hydrogens (tertiary/aromatic N) is 5. The van der Waals surface area contributed by atoms with Crippen molar-refractivity contribution in [2.45, 2.75) is 32.1 Å². The predicted molar refractivity (Wildman–Crippen MR) is 86.2 cm³/mol. The minimum absolute atomic E-state index is 0.210. The van der Waals surface area contributed by atoms with Crippen molar-refractivity contribution in [1.82, 2.24) is 24.8 Å². The van der Waals surface area contributed by atoms with Crippen LogP contribution in [0.4, 0.5) is 11.8 Å². The average Bonchev–Trinajstić information content (AvgIpc) is 2.62. The van der Waals surface area contributed by atoms with Crippen LogP contribution in [0.1, 0.15) is 37.8 Å². The molecule has 1 aliphatic heterocycles. The van der Waals surface area contributed by atoms with E-state index in [9.17, 15) is 4.79 Å². The number of hydrogen-bond donors (Lipinski definition) is 1. The Kier molecular flexibility index (Phi) is 4.75. The van der Waals surface area contributed by atoms with E-state index in [4.69, 9.17) is 0 Å². The van der Waals surface area contributed by atoms with Gasteiger partial charge in [-0.15, -0.1) is 0 Å². The molecular weight excluding hydrogens is 292 g/mol. The third kappa shape index (κ3) is 3.80. The summed E-state index contributed by atoms with van der Waals surface area (Å²) < 4.78 is 0. The van der Waals surface area contributed by atoms with Crippen LogP contribution < -0.4 is 5.32 Å². The second-order valence-electron chi connectivity index (χ2n) is 5.56. The summed E-state index contributed by atoms with van der Waals surface area (Å²) in [5.74, 6) is 1.57. The Morgan fingerprint density at radius 3 is 2.78 bits per heavy atom. The summed E-state index contributed by atoms with van der Waals surface area (Å²) in [5, 5.41) is 3.01. The third-order valence-electron chi connectivity index (χ3n) is 3.97. The highest BCUT2D eigenvalue weighted by Gasteiger charge is 2.24. The van der Waals surface area contributed by atoms with Crippen LogP contribution >= 0.6 is 0 Å². The molecule has 2 aromatic heterocycles. The van der Waals surface area contributed by atoms with Crippen molar-refractivity contribution in [2.75, 3.05) is 18.4 Å². The Morgan fingerprint density at radius 2 is 2.09 bits per heavy atom. The number of carbonyl (C=O) groups excluding carboxylic acids is 1. The molecular formula is C16H20N6O. The molecule has 0 unspecified atom stereocenters. The van der Waals surface area contributed by atoms with Crippen LogP contribution in [0.2, 0.25) is 0 Å². The molecule has 1 saturated heterocycles. The van der Waals surface area contributed by atoms with Crippen molar-refractivity contribution in [3.05, 3.63) is 36.5 Å². The van der Waals surface area contributed by atoms with Gasteiger partial charge in [-0.2, -0.15) is 0 Å². The van der Waals surface area contributed by atoms with E-state index >= 15 is 0 Å². The first kappa shape index (κ1) is 15.3. The molecule has 3 heterocycles.